The van der Waals surface area contributed by atoms with Gasteiger partial charge in [0.25, 0.3) is 0 Å². The van der Waals surface area contributed by atoms with E-state index in [-0.39, 0.29) is 12.2 Å². The second-order valence-electron chi connectivity index (χ2n) is 6.25. The van der Waals surface area contributed by atoms with E-state index in [1.165, 1.54) is 6.08 Å². The van der Waals surface area contributed by atoms with E-state index in [1.807, 2.05) is 48.5 Å². The Kier molecular flexibility index (Phi) is 5.67. The quantitative estimate of drug-likeness (QED) is 0.280. The van der Waals surface area contributed by atoms with Crippen LogP contribution in [0.25, 0.3) is 27.6 Å². The largest absolute Gasteiger partial charge is 0.478 e. The molecule has 0 aliphatic carbocycles. The minimum absolute atomic E-state index is 0.115. The summed E-state index contributed by atoms with van der Waals surface area (Å²) in [5, 5.41) is 13.1. The zero-order valence-electron chi connectivity index (χ0n) is 14.9. The monoisotopic (exact) mass is 360 g/mol. The fraction of sp³-hybridized carbons (Fsp3) is 0.130. The molecule has 1 N–H and O–H groups in total. The molecule has 3 aromatic rings. The maximum Gasteiger partial charge on any atom is 0.330 e. The molecule has 4 nitrogen and oxygen atoms in total. The third-order valence-electron chi connectivity index (χ3n) is 4.37. The highest BCUT2D eigenvalue weighted by molar-refractivity contribution is 6.08. The highest BCUT2D eigenvalue weighted by atomic mass is 16.5. The van der Waals surface area contributed by atoms with Crippen molar-refractivity contribution in [1.82, 2.24) is 0 Å². The predicted octanol–water partition coefficient (Wildman–Crippen LogP) is 4.97. The Morgan fingerprint density at radius 3 is 2.19 bits per heavy atom. The molecule has 136 valence electrons. The maximum absolute atomic E-state index is 12.0. The van der Waals surface area contributed by atoms with Gasteiger partial charge in [0.2, 0.25) is 0 Å². The molecular formula is C23H20O4. The van der Waals surface area contributed by atoms with Crippen LogP contribution in [-0.2, 0) is 14.3 Å². The molecule has 3 rings (SSSR count). The van der Waals surface area contributed by atoms with E-state index in [1.54, 1.807) is 6.08 Å². The third kappa shape index (κ3) is 4.42. The number of hydrogen-bond donors (Lipinski definition) is 1. The van der Waals surface area contributed by atoms with Crippen molar-refractivity contribution in [1.29, 1.82) is 0 Å². The first kappa shape index (κ1) is 18.4. The van der Waals surface area contributed by atoms with Crippen LogP contribution >= 0.6 is 0 Å². The number of rotatable bonds is 7. The van der Waals surface area contributed by atoms with E-state index in [0.717, 1.165) is 27.1 Å². The van der Waals surface area contributed by atoms with Gasteiger partial charge in [-0.05, 0) is 52.1 Å². The summed E-state index contributed by atoms with van der Waals surface area (Å²) < 4.78 is 5.16. The Bertz CT molecular complexity index is 993. The van der Waals surface area contributed by atoms with Gasteiger partial charge in [-0.1, -0.05) is 55.1 Å². The van der Waals surface area contributed by atoms with Crippen LogP contribution in [0.1, 0.15) is 18.4 Å². The van der Waals surface area contributed by atoms with E-state index >= 15 is 0 Å². The summed E-state index contributed by atoms with van der Waals surface area (Å²) in [7, 11) is 0. The van der Waals surface area contributed by atoms with E-state index < -0.39 is 11.9 Å². The lowest BCUT2D eigenvalue weighted by molar-refractivity contribution is -0.137. The van der Waals surface area contributed by atoms with Gasteiger partial charge in [-0.25, -0.2) is 9.59 Å². The molecule has 0 aromatic heterocycles. The van der Waals surface area contributed by atoms with Crippen LogP contribution in [0.2, 0.25) is 0 Å². The van der Waals surface area contributed by atoms with Crippen LogP contribution in [0.3, 0.4) is 0 Å². The van der Waals surface area contributed by atoms with Gasteiger partial charge < -0.3 is 9.84 Å². The van der Waals surface area contributed by atoms with E-state index in [4.69, 9.17) is 9.84 Å². The van der Waals surface area contributed by atoms with Crippen molar-refractivity contribution in [3.05, 3.63) is 78.4 Å². The Labute approximate surface area is 157 Å². The number of ether oxygens (including phenoxy) is 1. The summed E-state index contributed by atoms with van der Waals surface area (Å²) in [6, 6.07) is 18.2. The molecule has 4 heteroatoms. The van der Waals surface area contributed by atoms with Crippen LogP contribution in [0.4, 0.5) is 0 Å². The van der Waals surface area contributed by atoms with Crippen molar-refractivity contribution in [3.8, 4) is 0 Å². The Hall–Kier alpha value is -3.40. The highest BCUT2D eigenvalue weighted by Crippen LogP contribution is 2.29. The van der Waals surface area contributed by atoms with Gasteiger partial charge >= 0.3 is 11.9 Å². The number of carboxylic acid groups (broad SMARTS) is 1. The SMILES string of the molecule is C=C(CCCOC(=O)C=Cc1c2ccccc2cc2ccccc12)C(=O)O. The molecule has 3 aromatic carbocycles. The topological polar surface area (TPSA) is 63.6 Å². The Morgan fingerprint density at radius 1 is 1.00 bits per heavy atom. The summed E-state index contributed by atoms with van der Waals surface area (Å²) in [4.78, 5) is 22.7. The summed E-state index contributed by atoms with van der Waals surface area (Å²) in [6.45, 7) is 3.61. The van der Waals surface area contributed by atoms with Crippen molar-refractivity contribution >= 4 is 39.6 Å². The molecule has 0 fully saturated rings. The lowest BCUT2D eigenvalue weighted by atomic mass is 9.96. The molecule has 0 bridgehead atoms. The van der Waals surface area contributed by atoms with E-state index in [9.17, 15) is 9.59 Å². The lowest BCUT2D eigenvalue weighted by Gasteiger charge is -2.08. The summed E-state index contributed by atoms with van der Waals surface area (Å²) >= 11 is 0. The minimum Gasteiger partial charge on any atom is -0.478 e. The molecule has 0 saturated carbocycles. The van der Waals surface area contributed by atoms with Gasteiger partial charge in [-0.3, -0.25) is 0 Å². The number of benzene rings is 3. The molecular weight excluding hydrogens is 340 g/mol. The number of fused-ring (bicyclic) bond motifs is 2. The number of aliphatic carboxylic acids is 1. The molecule has 0 aliphatic rings. The normalized spacial score (nSPS) is 11.1. The van der Waals surface area contributed by atoms with Crippen molar-refractivity contribution in [3.63, 3.8) is 0 Å². The van der Waals surface area contributed by atoms with Gasteiger partial charge in [-0.2, -0.15) is 0 Å². The van der Waals surface area contributed by atoms with Gasteiger partial charge in [-0.15, -0.1) is 0 Å². The minimum atomic E-state index is -1.02. The third-order valence-corrected chi connectivity index (χ3v) is 4.37. The first-order valence-corrected chi connectivity index (χ1v) is 8.72. The molecule has 0 heterocycles. The first-order valence-electron chi connectivity index (χ1n) is 8.72. The standard InChI is InChI=1S/C23H20O4/c1-16(23(25)26)7-6-14-27-22(24)13-12-21-19-10-4-2-8-17(19)15-18-9-3-5-11-20(18)21/h2-5,8-13,15H,1,6-7,14H2,(H,25,26). The smallest absolute Gasteiger partial charge is 0.330 e. The number of esters is 1. The predicted molar refractivity (Wildman–Crippen MR) is 107 cm³/mol. The van der Waals surface area contributed by atoms with Crippen molar-refractivity contribution in [2.24, 2.45) is 0 Å². The molecule has 0 amide bonds. The average Bonchev–Trinajstić information content (AvgIpc) is 2.68. The number of carbonyl (C=O) groups is 2. The van der Waals surface area contributed by atoms with Crippen LogP contribution < -0.4 is 0 Å². The van der Waals surface area contributed by atoms with Crippen LogP contribution in [0, 0.1) is 0 Å². The van der Waals surface area contributed by atoms with Crippen LogP contribution in [0.15, 0.2) is 72.8 Å². The van der Waals surface area contributed by atoms with Crippen molar-refractivity contribution in [2.45, 2.75) is 12.8 Å². The fourth-order valence-electron chi connectivity index (χ4n) is 2.99. The molecule has 0 saturated heterocycles. The van der Waals surface area contributed by atoms with Gasteiger partial charge in [0.15, 0.2) is 0 Å². The second kappa shape index (κ2) is 8.32. The van der Waals surface area contributed by atoms with Crippen molar-refractivity contribution in [2.75, 3.05) is 6.61 Å². The molecule has 0 unspecified atom stereocenters. The average molecular weight is 360 g/mol. The maximum atomic E-state index is 12.0. The second-order valence-corrected chi connectivity index (χ2v) is 6.25. The van der Waals surface area contributed by atoms with Crippen LogP contribution in [0.5, 0.6) is 0 Å². The Balaban J connectivity index is 1.76. The highest BCUT2D eigenvalue weighted by Gasteiger charge is 2.07. The summed E-state index contributed by atoms with van der Waals surface area (Å²) in [5.41, 5.74) is 1.09. The van der Waals surface area contributed by atoms with E-state index in [2.05, 4.69) is 12.6 Å². The van der Waals surface area contributed by atoms with Gasteiger partial charge in [0.05, 0.1) is 6.61 Å². The number of carboxylic acids is 1. The van der Waals surface area contributed by atoms with Gasteiger partial charge in [0, 0.05) is 11.6 Å². The summed E-state index contributed by atoms with van der Waals surface area (Å²) in [5.74, 6) is -1.47. The first-order chi connectivity index (χ1) is 13.1. The van der Waals surface area contributed by atoms with Crippen molar-refractivity contribution < 1.29 is 19.4 Å². The zero-order valence-corrected chi connectivity index (χ0v) is 14.9. The van der Waals surface area contributed by atoms with E-state index in [0.29, 0.717) is 12.8 Å². The fourth-order valence-corrected chi connectivity index (χ4v) is 2.99. The zero-order chi connectivity index (χ0) is 19.2. The summed E-state index contributed by atoms with van der Waals surface area (Å²) in [6.07, 6.45) is 3.92. The molecule has 0 atom stereocenters. The lowest BCUT2D eigenvalue weighted by Crippen LogP contribution is -2.05. The van der Waals surface area contributed by atoms with Crippen LogP contribution in [-0.4, -0.2) is 23.7 Å². The molecule has 27 heavy (non-hydrogen) atoms. The molecule has 0 spiro atoms. The number of carbonyl (C=O) groups excluding carboxylic acids is 1. The van der Waals surface area contributed by atoms with Gasteiger partial charge in [0.1, 0.15) is 0 Å². The number of hydrogen-bond acceptors (Lipinski definition) is 3. The molecule has 0 aliphatic heterocycles. The molecule has 0 radical (unpaired) electrons. The Morgan fingerprint density at radius 2 is 1.59 bits per heavy atom.